The van der Waals surface area contributed by atoms with Crippen LogP contribution in [-0.4, -0.2) is 53.6 Å². The number of hydrogen-bond donors (Lipinski definition) is 1. The molecule has 0 radical (unpaired) electrons. The van der Waals surface area contributed by atoms with E-state index in [1.807, 2.05) is 30.3 Å². The van der Waals surface area contributed by atoms with Crippen LogP contribution in [0.2, 0.25) is 0 Å². The highest BCUT2D eigenvalue weighted by atomic mass is 32.2. The summed E-state index contributed by atoms with van der Waals surface area (Å²) in [7, 11) is -3.67. The fourth-order valence-corrected chi connectivity index (χ4v) is 5.64. The molecule has 2 saturated heterocycles. The fraction of sp³-hybridized carbons (Fsp3) is 0.500. The summed E-state index contributed by atoms with van der Waals surface area (Å²) in [6, 6.07) is 9.29. The molecule has 2 fully saturated rings. The number of carboxylic acids is 1. The summed E-state index contributed by atoms with van der Waals surface area (Å²) in [5, 5.41) is 7.64. The van der Waals surface area contributed by atoms with Crippen LogP contribution < -0.4 is 0 Å². The van der Waals surface area contributed by atoms with E-state index in [1.54, 1.807) is 0 Å². The molecule has 2 aliphatic heterocycles. The predicted molar refractivity (Wildman–Crippen MR) is 85.1 cm³/mol. The molecule has 0 bridgehead atoms. The Hall–Kier alpha value is -2.09. The molecule has 1 N–H and O–H groups in total. The van der Waals surface area contributed by atoms with Gasteiger partial charge in [-0.15, -0.1) is 0 Å². The molecule has 1 aromatic carbocycles. The number of piperidine rings is 1. The first-order valence-corrected chi connectivity index (χ1v) is 9.32. The number of carbonyl (C=O) groups excluding carboxylic acids is 1. The first-order chi connectivity index (χ1) is 11.4. The molecule has 1 unspecified atom stereocenters. The normalized spacial score (nSPS) is 24.2. The van der Waals surface area contributed by atoms with Gasteiger partial charge in [-0.3, -0.25) is 4.79 Å². The first-order valence-electron chi connectivity index (χ1n) is 7.78. The van der Waals surface area contributed by atoms with Gasteiger partial charge in [0.15, 0.2) is 15.1 Å². The lowest BCUT2D eigenvalue weighted by molar-refractivity contribution is -0.137. The molecule has 1 spiro atoms. The molecular formula is C16H19NO6S. The standard InChI is InChI=1S/C16H19NO6S/c18-14(19)13-10-16(24(13,21)22)6-8-17(9-7-16)15(20)23-11-12-4-2-1-3-5-12/h1-5,13H,6-11H2,(H,18,19). The van der Waals surface area contributed by atoms with Crippen molar-refractivity contribution in [3.63, 3.8) is 0 Å². The third kappa shape index (κ3) is 2.75. The van der Waals surface area contributed by atoms with Crippen LogP contribution in [0.4, 0.5) is 4.79 Å². The number of aliphatic carboxylic acids is 1. The number of hydrogen-bond acceptors (Lipinski definition) is 5. The van der Waals surface area contributed by atoms with Crippen LogP contribution in [0.3, 0.4) is 0 Å². The van der Waals surface area contributed by atoms with Gasteiger partial charge < -0.3 is 14.7 Å². The molecule has 2 heterocycles. The minimum Gasteiger partial charge on any atom is -0.480 e. The minimum atomic E-state index is -3.67. The molecule has 0 aliphatic carbocycles. The zero-order chi connectivity index (χ0) is 17.4. The Morgan fingerprint density at radius 2 is 1.83 bits per heavy atom. The van der Waals surface area contributed by atoms with Crippen molar-refractivity contribution >= 4 is 21.9 Å². The van der Waals surface area contributed by atoms with E-state index in [2.05, 4.69) is 0 Å². The summed E-state index contributed by atoms with van der Waals surface area (Å²) in [5.41, 5.74) is 0.880. The van der Waals surface area contributed by atoms with Crippen molar-refractivity contribution in [2.45, 2.75) is 35.9 Å². The highest BCUT2D eigenvalue weighted by molar-refractivity contribution is 7.95. The molecule has 1 aromatic rings. The maximum atomic E-state index is 12.2. The van der Waals surface area contributed by atoms with Crippen molar-refractivity contribution in [2.75, 3.05) is 13.1 Å². The van der Waals surface area contributed by atoms with E-state index in [9.17, 15) is 18.0 Å². The summed E-state index contributed by atoms with van der Waals surface area (Å²) in [6.45, 7) is 0.694. The number of nitrogens with zero attached hydrogens (tertiary/aromatic N) is 1. The molecule has 3 rings (SSSR count). The van der Waals surface area contributed by atoms with E-state index in [1.165, 1.54) is 4.90 Å². The van der Waals surface area contributed by atoms with Gasteiger partial charge in [-0.05, 0) is 24.8 Å². The zero-order valence-electron chi connectivity index (χ0n) is 13.1. The van der Waals surface area contributed by atoms with Gasteiger partial charge in [0.25, 0.3) is 0 Å². The molecule has 0 aromatic heterocycles. The van der Waals surface area contributed by atoms with Crippen LogP contribution in [0, 0.1) is 0 Å². The number of sulfone groups is 1. The molecule has 7 nitrogen and oxygen atoms in total. The molecule has 1 amide bonds. The third-order valence-corrected chi connectivity index (χ3v) is 7.85. The molecule has 2 aliphatic rings. The summed E-state index contributed by atoms with van der Waals surface area (Å²) in [6.07, 6.45) is 0.191. The Bertz CT molecular complexity index is 737. The van der Waals surface area contributed by atoms with Crippen molar-refractivity contribution in [3.05, 3.63) is 35.9 Å². The van der Waals surface area contributed by atoms with Gasteiger partial charge >= 0.3 is 12.1 Å². The van der Waals surface area contributed by atoms with Crippen molar-refractivity contribution in [1.82, 2.24) is 4.90 Å². The topological polar surface area (TPSA) is 101 Å². The molecule has 130 valence electrons. The Morgan fingerprint density at radius 3 is 2.38 bits per heavy atom. The maximum Gasteiger partial charge on any atom is 0.410 e. The second kappa shape index (κ2) is 6.08. The Kier molecular flexibility index (Phi) is 4.25. The van der Waals surface area contributed by atoms with Gasteiger partial charge in [-0.1, -0.05) is 30.3 Å². The number of ether oxygens (including phenoxy) is 1. The van der Waals surface area contributed by atoms with Crippen LogP contribution in [0.15, 0.2) is 30.3 Å². The quantitative estimate of drug-likeness (QED) is 0.882. The largest absolute Gasteiger partial charge is 0.480 e. The van der Waals surface area contributed by atoms with Gasteiger partial charge in [0.2, 0.25) is 0 Å². The van der Waals surface area contributed by atoms with Gasteiger partial charge in [0.1, 0.15) is 6.61 Å². The van der Waals surface area contributed by atoms with Crippen LogP contribution in [0.1, 0.15) is 24.8 Å². The lowest BCUT2D eigenvalue weighted by Gasteiger charge is -2.49. The summed E-state index contributed by atoms with van der Waals surface area (Å²) in [5.74, 6) is -1.29. The zero-order valence-corrected chi connectivity index (χ0v) is 13.9. The molecule has 0 saturated carbocycles. The molecule has 1 atom stereocenters. The van der Waals surface area contributed by atoms with Crippen LogP contribution in [-0.2, 0) is 26.0 Å². The van der Waals surface area contributed by atoms with E-state index in [0.717, 1.165) is 5.56 Å². The van der Waals surface area contributed by atoms with Crippen LogP contribution in [0.5, 0.6) is 0 Å². The van der Waals surface area contributed by atoms with E-state index < -0.39 is 31.9 Å². The molecular weight excluding hydrogens is 334 g/mol. The average Bonchev–Trinajstić information content (AvgIpc) is 2.58. The highest BCUT2D eigenvalue weighted by Gasteiger charge is 2.62. The van der Waals surface area contributed by atoms with Crippen molar-refractivity contribution < 1.29 is 27.9 Å². The van der Waals surface area contributed by atoms with Crippen molar-refractivity contribution in [3.8, 4) is 0 Å². The third-order valence-electron chi connectivity index (χ3n) is 4.95. The fourth-order valence-electron chi connectivity index (χ4n) is 3.38. The summed E-state index contributed by atoms with van der Waals surface area (Å²) in [4.78, 5) is 24.5. The number of likely N-dealkylation sites (tertiary alicyclic amines) is 1. The van der Waals surface area contributed by atoms with Gasteiger partial charge in [0.05, 0.1) is 4.75 Å². The highest BCUT2D eigenvalue weighted by Crippen LogP contribution is 2.47. The van der Waals surface area contributed by atoms with Crippen molar-refractivity contribution in [1.29, 1.82) is 0 Å². The SMILES string of the molecule is O=C(O)C1CC2(CCN(C(=O)OCc3ccccc3)CC2)S1(=O)=O. The van der Waals surface area contributed by atoms with E-state index in [4.69, 9.17) is 9.84 Å². The lowest BCUT2D eigenvalue weighted by atomic mass is 9.89. The number of carbonyl (C=O) groups is 2. The van der Waals surface area contributed by atoms with Gasteiger partial charge in [-0.2, -0.15) is 0 Å². The Balaban J connectivity index is 1.54. The monoisotopic (exact) mass is 353 g/mol. The molecule has 24 heavy (non-hydrogen) atoms. The van der Waals surface area contributed by atoms with Crippen LogP contribution in [0.25, 0.3) is 0 Å². The maximum absolute atomic E-state index is 12.2. The van der Waals surface area contributed by atoms with E-state index in [0.29, 0.717) is 0 Å². The van der Waals surface area contributed by atoms with E-state index in [-0.39, 0.29) is 39.0 Å². The Morgan fingerprint density at radius 1 is 1.21 bits per heavy atom. The average molecular weight is 353 g/mol. The first kappa shape index (κ1) is 16.8. The number of amides is 1. The second-order valence-corrected chi connectivity index (χ2v) is 8.81. The van der Waals surface area contributed by atoms with Crippen molar-refractivity contribution in [2.24, 2.45) is 0 Å². The lowest BCUT2D eigenvalue weighted by Crippen LogP contribution is -2.64. The summed E-state index contributed by atoms with van der Waals surface area (Å²) < 4.78 is 28.7. The number of carboxylic acid groups (broad SMARTS) is 1. The van der Waals surface area contributed by atoms with Gasteiger partial charge in [0, 0.05) is 13.1 Å². The number of benzene rings is 1. The molecule has 8 heteroatoms. The van der Waals surface area contributed by atoms with Crippen LogP contribution >= 0.6 is 0 Å². The predicted octanol–water partition coefficient (Wildman–Crippen LogP) is 1.43. The smallest absolute Gasteiger partial charge is 0.410 e. The summed E-state index contributed by atoms with van der Waals surface area (Å²) >= 11 is 0. The number of rotatable bonds is 3. The second-order valence-electron chi connectivity index (χ2n) is 6.29. The van der Waals surface area contributed by atoms with Gasteiger partial charge in [-0.25, -0.2) is 13.2 Å². The Labute approximate surface area is 140 Å². The van der Waals surface area contributed by atoms with E-state index >= 15 is 0 Å². The minimum absolute atomic E-state index is 0.136.